The lowest BCUT2D eigenvalue weighted by Crippen LogP contribution is -2.30. The number of carbonyl (C=O) groups is 1. The average molecular weight is 292 g/mol. The van der Waals surface area contributed by atoms with Gasteiger partial charge in [0.2, 0.25) is 0 Å². The van der Waals surface area contributed by atoms with E-state index in [0.29, 0.717) is 5.56 Å². The van der Waals surface area contributed by atoms with E-state index in [9.17, 15) is 18.4 Å². The van der Waals surface area contributed by atoms with Gasteiger partial charge in [-0.05, 0) is 37.6 Å². The van der Waals surface area contributed by atoms with Crippen molar-refractivity contribution < 1.29 is 13.6 Å². The summed E-state index contributed by atoms with van der Waals surface area (Å²) in [4.78, 5) is 24.3. The lowest BCUT2D eigenvalue weighted by molar-refractivity contribution is 0.102. The maximum atomic E-state index is 13.1. The van der Waals surface area contributed by atoms with Crippen LogP contribution in [0, 0.1) is 25.5 Å². The monoisotopic (exact) mass is 292 g/mol. The topological polar surface area (TPSA) is 51.1 Å². The summed E-state index contributed by atoms with van der Waals surface area (Å²) in [6.07, 6.45) is 0. The van der Waals surface area contributed by atoms with E-state index in [2.05, 4.69) is 5.32 Å². The molecule has 0 spiro atoms. The number of anilines is 1. The van der Waals surface area contributed by atoms with Gasteiger partial charge < -0.3 is 9.88 Å². The zero-order chi connectivity index (χ0) is 15.7. The van der Waals surface area contributed by atoms with Gasteiger partial charge in [-0.25, -0.2) is 8.78 Å². The highest BCUT2D eigenvalue weighted by Crippen LogP contribution is 2.15. The Morgan fingerprint density at radius 2 is 1.81 bits per heavy atom. The number of pyridine rings is 1. The van der Waals surface area contributed by atoms with Gasteiger partial charge in [0.15, 0.2) is 11.6 Å². The third kappa shape index (κ3) is 2.84. The molecule has 1 heterocycles. The zero-order valence-corrected chi connectivity index (χ0v) is 11.8. The summed E-state index contributed by atoms with van der Waals surface area (Å²) in [5, 5.41) is 2.40. The normalized spacial score (nSPS) is 10.5. The minimum Gasteiger partial charge on any atom is -0.322 e. The van der Waals surface area contributed by atoms with Gasteiger partial charge in [-0.15, -0.1) is 0 Å². The molecule has 0 aliphatic rings. The van der Waals surface area contributed by atoms with Gasteiger partial charge in [-0.2, -0.15) is 0 Å². The molecular formula is C15H14F2N2O2. The number of aromatic nitrogens is 1. The summed E-state index contributed by atoms with van der Waals surface area (Å²) in [5.41, 5.74) is 0.874. The smallest absolute Gasteiger partial charge is 0.263 e. The van der Waals surface area contributed by atoms with E-state index < -0.39 is 23.1 Å². The van der Waals surface area contributed by atoms with E-state index in [-0.39, 0.29) is 11.3 Å². The lowest BCUT2D eigenvalue weighted by atomic mass is 10.1. The Balaban J connectivity index is 2.39. The maximum Gasteiger partial charge on any atom is 0.263 e. The highest BCUT2D eigenvalue weighted by Gasteiger charge is 2.17. The lowest BCUT2D eigenvalue weighted by Gasteiger charge is -2.11. The molecule has 1 amide bonds. The van der Waals surface area contributed by atoms with Crippen molar-refractivity contribution in [1.29, 1.82) is 0 Å². The van der Waals surface area contributed by atoms with E-state index in [0.717, 1.165) is 17.8 Å². The number of nitrogens with zero attached hydrogens (tertiary/aromatic N) is 1. The van der Waals surface area contributed by atoms with Crippen molar-refractivity contribution in [3.8, 4) is 0 Å². The predicted octanol–water partition coefficient (Wildman–Crippen LogP) is 2.53. The number of amides is 1. The van der Waals surface area contributed by atoms with Crippen molar-refractivity contribution in [2.75, 3.05) is 5.32 Å². The first-order valence-corrected chi connectivity index (χ1v) is 6.25. The Kier molecular flexibility index (Phi) is 3.88. The summed E-state index contributed by atoms with van der Waals surface area (Å²) in [7, 11) is 1.56. The van der Waals surface area contributed by atoms with Gasteiger partial charge in [0, 0.05) is 24.5 Å². The first-order chi connectivity index (χ1) is 9.81. The Labute approximate surface area is 120 Å². The number of hydrogen-bond donors (Lipinski definition) is 1. The summed E-state index contributed by atoms with van der Waals surface area (Å²) < 4.78 is 27.3. The quantitative estimate of drug-likeness (QED) is 0.924. The molecule has 0 saturated carbocycles. The van der Waals surface area contributed by atoms with E-state index in [1.165, 1.54) is 10.6 Å². The van der Waals surface area contributed by atoms with E-state index in [4.69, 9.17) is 0 Å². The van der Waals surface area contributed by atoms with Crippen LogP contribution in [0.5, 0.6) is 0 Å². The van der Waals surface area contributed by atoms with Gasteiger partial charge >= 0.3 is 0 Å². The third-order valence-corrected chi connectivity index (χ3v) is 3.27. The molecule has 0 saturated heterocycles. The standard InChI is InChI=1S/C15H14F2N2O2/c1-8-6-9(2)19(3)15(21)13(8)14(20)18-10-4-5-11(16)12(17)7-10/h4-7H,1-3H3,(H,18,20). The van der Waals surface area contributed by atoms with Crippen molar-refractivity contribution >= 4 is 11.6 Å². The fourth-order valence-electron chi connectivity index (χ4n) is 2.02. The van der Waals surface area contributed by atoms with Crippen LogP contribution in [0.1, 0.15) is 21.6 Å². The van der Waals surface area contributed by atoms with Crippen molar-refractivity contribution in [3.63, 3.8) is 0 Å². The van der Waals surface area contributed by atoms with Gasteiger partial charge in [-0.1, -0.05) is 0 Å². The third-order valence-electron chi connectivity index (χ3n) is 3.27. The molecule has 2 aromatic rings. The second-order valence-electron chi connectivity index (χ2n) is 4.79. The molecular weight excluding hydrogens is 278 g/mol. The molecule has 0 unspecified atom stereocenters. The largest absolute Gasteiger partial charge is 0.322 e. The molecule has 1 aromatic carbocycles. The first kappa shape index (κ1) is 14.9. The molecule has 6 heteroatoms. The van der Waals surface area contributed by atoms with Gasteiger partial charge in [0.05, 0.1) is 0 Å². The Bertz CT molecular complexity index is 782. The highest BCUT2D eigenvalue weighted by molar-refractivity contribution is 6.05. The molecule has 21 heavy (non-hydrogen) atoms. The van der Waals surface area contributed by atoms with E-state index in [1.807, 2.05) is 0 Å². The molecule has 1 aromatic heterocycles. The van der Waals surface area contributed by atoms with Gasteiger partial charge in [-0.3, -0.25) is 9.59 Å². The molecule has 0 radical (unpaired) electrons. The summed E-state index contributed by atoms with van der Waals surface area (Å²) >= 11 is 0. The van der Waals surface area contributed by atoms with Crippen molar-refractivity contribution in [1.82, 2.24) is 4.57 Å². The van der Waals surface area contributed by atoms with Crippen molar-refractivity contribution in [3.05, 3.63) is 63.1 Å². The fourth-order valence-corrected chi connectivity index (χ4v) is 2.02. The fraction of sp³-hybridized carbons (Fsp3) is 0.200. The van der Waals surface area contributed by atoms with Crippen LogP contribution in [-0.2, 0) is 7.05 Å². The second-order valence-corrected chi connectivity index (χ2v) is 4.79. The Hall–Kier alpha value is -2.50. The number of benzene rings is 1. The molecule has 0 aliphatic heterocycles. The number of halogens is 2. The number of rotatable bonds is 2. The number of aryl methyl sites for hydroxylation is 2. The molecule has 4 nitrogen and oxygen atoms in total. The van der Waals surface area contributed by atoms with Gasteiger partial charge in [0.1, 0.15) is 5.56 Å². The van der Waals surface area contributed by atoms with E-state index in [1.54, 1.807) is 27.0 Å². The first-order valence-electron chi connectivity index (χ1n) is 6.25. The molecule has 0 aliphatic carbocycles. The van der Waals surface area contributed by atoms with Crippen LogP contribution in [0.25, 0.3) is 0 Å². The molecule has 110 valence electrons. The minimum absolute atomic E-state index is 0.0205. The summed E-state index contributed by atoms with van der Waals surface area (Å²) in [5.74, 6) is -2.73. The number of nitrogens with one attached hydrogen (secondary N) is 1. The highest BCUT2D eigenvalue weighted by atomic mass is 19.2. The molecule has 2 rings (SSSR count). The average Bonchev–Trinajstić information content (AvgIpc) is 2.40. The molecule has 0 atom stereocenters. The van der Waals surface area contributed by atoms with Crippen LogP contribution in [-0.4, -0.2) is 10.5 Å². The minimum atomic E-state index is -1.07. The van der Waals surface area contributed by atoms with Crippen LogP contribution in [0.3, 0.4) is 0 Å². The van der Waals surface area contributed by atoms with Crippen molar-refractivity contribution in [2.24, 2.45) is 7.05 Å². The van der Waals surface area contributed by atoms with Gasteiger partial charge in [0.25, 0.3) is 11.5 Å². The molecule has 0 bridgehead atoms. The second kappa shape index (κ2) is 5.47. The Morgan fingerprint density at radius 1 is 1.14 bits per heavy atom. The van der Waals surface area contributed by atoms with Crippen LogP contribution < -0.4 is 10.9 Å². The number of hydrogen-bond acceptors (Lipinski definition) is 2. The number of carbonyl (C=O) groups excluding carboxylic acids is 1. The van der Waals surface area contributed by atoms with Crippen LogP contribution in [0.2, 0.25) is 0 Å². The maximum absolute atomic E-state index is 13.1. The molecule has 0 fully saturated rings. The zero-order valence-electron chi connectivity index (χ0n) is 11.8. The van der Waals surface area contributed by atoms with Crippen LogP contribution in [0.15, 0.2) is 29.1 Å². The Morgan fingerprint density at radius 3 is 2.43 bits per heavy atom. The predicted molar refractivity (Wildman–Crippen MR) is 75.5 cm³/mol. The van der Waals surface area contributed by atoms with Crippen LogP contribution in [0.4, 0.5) is 14.5 Å². The molecule has 1 N–H and O–H groups in total. The van der Waals surface area contributed by atoms with Crippen molar-refractivity contribution in [2.45, 2.75) is 13.8 Å². The summed E-state index contributed by atoms with van der Waals surface area (Å²) in [6, 6.07) is 4.71. The van der Waals surface area contributed by atoms with Crippen LogP contribution >= 0.6 is 0 Å². The SMILES string of the molecule is Cc1cc(C)n(C)c(=O)c1C(=O)Nc1ccc(F)c(F)c1. The van der Waals surface area contributed by atoms with E-state index >= 15 is 0 Å². The summed E-state index contributed by atoms with van der Waals surface area (Å²) in [6.45, 7) is 3.40.